The summed E-state index contributed by atoms with van der Waals surface area (Å²) < 4.78 is 5.54. The molecule has 1 aromatic heterocycles. The number of nitrogens with two attached hydrogens (primary N) is 1. The minimum atomic E-state index is 0.00514. The lowest BCUT2D eigenvalue weighted by Crippen LogP contribution is -2.21. The van der Waals surface area contributed by atoms with Gasteiger partial charge in [0.1, 0.15) is 11.9 Å². The van der Waals surface area contributed by atoms with Crippen LogP contribution in [0.1, 0.15) is 26.0 Å². The van der Waals surface area contributed by atoms with E-state index in [2.05, 4.69) is 18.5 Å². The Morgan fingerprint density at radius 1 is 1.56 bits per heavy atom. The van der Waals surface area contributed by atoms with E-state index in [9.17, 15) is 0 Å². The van der Waals surface area contributed by atoms with Gasteiger partial charge in [0.05, 0.1) is 6.20 Å². The van der Waals surface area contributed by atoms with Crippen molar-refractivity contribution >= 4 is 0 Å². The predicted octanol–water partition coefficient (Wildman–Crippen LogP) is 2.31. The second-order valence-electron chi connectivity index (χ2n) is 3.92. The third kappa shape index (κ3) is 4.03. The zero-order valence-electron chi connectivity index (χ0n) is 10.0. The van der Waals surface area contributed by atoms with E-state index in [1.54, 1.807) is 12.3 Å². The maximum absolute atomic E-state index is 5.86. The Balaban J connectivity index is 2.57. The topological polar surface area (TPSA) is 48.1 Å². The first kappa shape index (κ1) is 12.7. The molecule has 0 aromatic carbocycles. The lowest BCUT2D eigenvalue weighted by atomic mass is 10.1. The van der Waals surface area contributed by atoms with Crippen LogP contribution >= 0.6 is 0 Å². The fourth-order valence-corrected chi connectivity index (χ4v) is 1.28. The first-order valence-corrected chi connectivity index (χ1v) is 5.65. The van der Waals surface area contributed by atoms with Crippen LogP contribution in [0, 0.1) is 0 Å². The van der Waals surface area contributed by atoms with E-state index in [0.29, 0.717) is 0 Å². The zero-order valence-corrected chi connectivity index (χ0v) is 10.0. The minimum Gasteiger partial charge on any atom is -0.485 e. The van der Waals surface area contributed by atoms with Crippen LogP contribution in [0.15, 0.2) is 31.0 Å². The molecule has 3 nitrogen and oxygen atoms in total. The predicted molar refractivity (Wildman–Crippen MR) is 66.5 cm³/mol. The standard InChI is InChI=1S/C13H20N2O/c1-4-10(3)16-13-7-6-12(15-9-13)8-11(14)5-2/h4,6-7,9-11H,1,5,8,14H2,2-3H3. The van der Waals surface area contributed by atoms with Gasteiger partial charge in [-0.25, -0.2) is 0 Å². The van der Waals surface area contributed by atoms with Crippen molar-refractivity contribution in [3.63, 3.8) is 0 Å². The second kappa shape index (κ2) is 6.28. The van der Waals surface area contributed by atoms with Crippen molar-refractivity contribution in [2.24, 2.45) is 5.73 Å². The maximum Gasteiger partial charge on any atom is 0.138 e. The van der Waals surface area contributed by atoms with Crippen LogP contribution in [0.3, 0.4) is 0 Å². The summed E-state index contributed by atoms with van der Waals surface area (Å²) in [5.74, 6) is 0.765. The molecule has 16 heavy (non-hydrogen) atoms. The van der Waals surface area contributed by atoms with E-state index in [4.69, 9.17) is 10.5 Å². The third-order valence-electron chi connectivity index (χ3n) is 2.45. The molecule has 3 heteroatoms. The zero-order chi connectivity index (χ0) is 12.0. The molecule has 1 rings (SSSR count). The van der Waals surface area contributed by atoms with Crippen molar-refractivity contribution in [3.05, 3.63) is 36.7 Å². The molecule has 2 unspecified atom stereocenters. The molecule has 2 N–H and O–H groups in total. The van der Waals surface area contributed by atoms with E-state index in [1.165, 1.54) is 0 Å². The second-order valence-corrected chi connectivity index (χ2v) is 3.92. The number of pyridine rings is 1. The van der Waals surface area contributed by atoms with Crippen molar-refractivity contribution in [2.45, 2.75) is 38.8 Å². The lowest BCUT2D eigenvalue weighted by Gasteiger charge is -2.11. The van der Waals surface area contributed by atoms with Crippen LogP contribution in [0.4, 0.5) is 0 Å². The van der Waals surface area contributed by atoms with Crippen molar-refractivity contribution in [1.82, 2.24) is 4.98 Å². The molecule has 0 aliphatic carbocycles. The quantitative estimate of drug-likeness (QED) is 0.748. The third-order valence-corrected chi connectivity index (χ3v) is 2.45. The van der Waals surface area contributed by atoms with Crippen molar-refractivity contribution in [3.8, 4) is 5.75 Å². The average Bonchev–Trinajstić information content (AvgIpc) is 2.31. The van der Waals surface area contributed by atoms with Gasteiger partial charge in [0.2, 0.25) is 0 Å². The number of hydrogen-bond donors (Lipinski definition) is 1. The van der Waals surface area contributed by atoms with Gasteiger partial charge in [-0.2, -0.15) is 0 Å². The summed E-state index contributed by atoms with van der Waals surface area (Å²) in [5.41, 5.74) is 6.87. The van der Waals surface area contributed by atoms with Gasteiger partial charge in [0, 0.05) is 18.2 Å². The summed E-state index contributed by atoms with van der Waals surface area (Å²) >= 11 is 0. The summed E-state index contributed by atoms with van der Waals surface area (Å²) in [6.45, 7) is 7.68. The fourth-order valence-electron chi connectivity index (χ4n) is 1.28. The van der Waals surface area contributed by atoms with Crippen LogP contribution in [0.2, 0.25) is 0 Å². The summed E-state index contributed by atoms with van der Waals surface area (Å²) in [6, 6.07) is 4.07. The number of aromatic nitrogens is 1. The molecule has 88 valence electrons. The molecule has 0 bridgehead atoms. The Hall–Kier alpha value is -1.35. The largest absolute Gasteiger partial charge is 0.485 e. The molecule has 0 aliphatic heterocycles. The van der Waals surface area contributed by atoms with Crippen LogP contribution in [0.5, 0.6) is 5.75 Å². The SMILES string of the molecule is C=CC(C)Oc1ccc(CC(N)CC)nc1. The van der Waals surface area contributed by atoms with E-state index < -0.39 is 0 Å². The van der Waals surface area contributed by atoms with Crippen LogP contribution in [-0.2, 0) is 6.42 Å². The van der Waals surface area contributed by atoms with E-state index in [0.717, 1.165) is 24.3 Å². The van der Waals surface area contributed by atoms with E-state index in [1.807, 2.05) is 19.1 Å². The highest BCUT2D eigenvalue weighted by molar-refractivity contribution is 5.21. The molecule has 1 heterocycles. The van der Waals surface area contributed by atoms with Gasteiger partial charge in [-0.1, -0.05) is 19.6 Å². The maximum atomic E-state index is 5.86. The molecule has 0 spiro atoms. The van der Waals surface area contributed by atoms with E-state index >= 15 is 0 Å². The van der Waals surface area contributed by atoms with Crippen LogP contribution in [0.25, 0.3) is 0 Å². The molecule has 2 atom stereocenters. The Labute approximate surface area is 97.3 Å². The monoisotopic (exact) mass is 220 g/mol. The molecular weight excluding hydrogens is 200 g/mol. The lowest BCUT2D eigenvalue weighted by molar-refractivity contribution is 0.269. The van der Waals surface area contributed by atoms with Gasteiger partial charge in [-0.15, -0.1) is 0 Å². The van der Waals surface area contributed by atoms with Crippen molar-refractivity contribution in [2.75, 3.05) is 0 Å². The van der Waals surface area contributed by atoms with Gasteiger partial charge >= 0.3 is 0 Å². The molecule has 0 fully saturated rings. The molecule has 0 saturated heterocycles. The van der Waals surface area contributed by atoms with E-state index in [-0.39, 0.29) is 12.1 Å². The van der Waals surface area contributed by atoms with Gasteiger partial charge in [-0.05, 0) is 25.5 Å². The normalized spacial score (nSPS) is 14.2. The summed E-state index contributed by atoms with van der Waals surface area (Å²) in [4.78, 5) is 4.31. The molecular formula is C13H20N2O. The first-order valence-electron chi connectivity index (χ1n) is 5.65. The number of hydrogen-bond acceptors (Lipinski definition) is 3. The van der Waals surface area contributed by atoms with Crippen molar-refractivity contribution in [1.29, 1.82) is 0 Å². The Morgan fingerprint density at radius 3 is 2.81 bits per heavy atom. The molecule has 0 amide bonds. The van der Waals surface area contributed by atoms with Crippen LogP contribution in [-0.4, -0.2) is 17.1 Å². The number of ether oxygens (including phenoxy) is 1. The highest BCUT2D eigenvalue weighted by atomic mass is 16.5. The van der Waals surface area contributed by atoms with Crippen molar-refractivity contribution < 1.29 is 4.74 Å². The minimum absolute atomic E-state index is 0.00514. The fraction of sp³-hybridized carbons (Fsp3) is 0.462. The Morgan fingerprint density at radius 2 is 2.31 bits per heavy atom. The smallest absolute Gasteiger partial charge is 0.138 e. The van der Waals surface area contributed by atoms with Gasteiger partial charge in [-0.3, -0.25) is 4.98 Å². The van der Waals surface area contributed by atoms with Gasteiger partial charge in [0.25, 0.3) is 0 Å². The molecule has 0 saturated carbocycles. The van der Waals surface area contributed by atoms with Crippen LogP contribution < -0.4 is 10.5 Å². The summed E-state index contributed by atoms with van der Waals surface area (Å²) in [7, 11) is 0. The average molecular weight is 220 g/mol. The summed E-state index contributed by atoms with van der Waals surface area (Å²) in [6.07, 6.45) is 5.27. The molecule has 0 aliphatic rings. The summed E-state index contributed by atoms with van der Waals surface area (Å²) in [5, 5.41) is 0. The molecule has 0 radical (unpaired) electrons. The molecule has 1 aromatic rings. The van der Waals surface area contributed by atoms with Gasteiger partial charge < -0.3 is 10.5 Å². The highest BCUT2D eigenvalue weighted by Crippen LogP contribution is 2.12. The first-order chi connectivity index (χ1) is 7.65. The highest BCUT2D eigenvalue weighted by Gasteiger charge is 2.04. The number of nitrogens with zero attached hydrogens (tertiary/aromatic N) is 1. The number of rotatable bonds is 6. The Kier molecular flexibility index (Phi) is 4.99. The Bertz CT molecular complexity index is 321. The van der Waals surface area contributed by atoms with Gasteiger partial charge in [0.15, 0.2) is 0 Å².